The Labute approximate surface area is 245 Å². The van der Waals surface area contributed by atoms with Crippen LogP contribution in [0.1, 0.15) is 27.0 Å². The first-order chi connectivity index (χ1) is 20.2. The van der Waals surface area contributed by atoms with Gasteiger partial charge in [0.1, 0.15) is 5.69 Å². The molecule has 0 radical (unpaired) electrons. The molecule has 1 unspecified atom stereocenters. The number of aryl methyl sites for hydroxylation is 1. The molecule has 0 spiro atoms. The maximum Gasteiger partial charge on any atom is 0.321 e. The lowest BCUT2D eigenvalue weighted by Crippen LogP contribution is -2.50. The van der Waals surface area contributed by atoms with E-state index in [2.05, 4.69) is 15.6 Å². The number of benzene rings is 4. The van der Waals surface area contributed by atoms with Crippen molar-refractivity contribution in [1.82, 2.24) is 5.32 Å². The lowest BCUT2D eigenvalue weighted by atomic mass is 9.99. The molecule has 1 aliphatic rings. The first-order valence-corrected chi connectivity index (χ1v) is 13.2. The second-order valence-electron chi connectivity index (χ2n) is 9.44. The molecule has 4 aromatic rings. The SMILES string of the molecule is Cc1ccccc1C(=O)CN1C(=O)C(NC(=O)Nc2ccc(Cl)cc2[N+](=O)[O-])N=C(c2ccccc2)c2ccccc21. The zero-order chi connectivity index (χ0) is 29.8. The average Bonchev–Trinajstić information content (AvgIpc) is 3.09. The van der Waals surface area contributed by atoms with Crippen LogP contribution in [0.3, 0.4) is 0 Å². The van der Waals surface area contributed by atoms with Crippen LogP contribution in [0.25, 0.3) is 0 Å². The number of urea groups is 1. The number of rotatable bonds is 7. The highest BCUT2D eigenvalue weighted by Crippen LogP contribution is 2.30. The van der Waals surface area contributed by atoms with E-state index in [1.54, 1.807) is 36.4 Å². The molecule has 42 heavy (non-hydrogen) atoms. The van der Waals surface area contributed by atoms with Crippen LogP contribution in [-0.2, 0) is 4.79 Å². The Morgan fingerprint density at radius 2 is 1.67 bits per heavy atom. The fraction of sp³-hybridized carbons (Fsp3) is 0.0968. The summed E-state index contributed by atoms with van der Waals surface area (Å²) in [4.78, 5) is 57.4. The predicted molar refractivity (Wildman–Crippen MR) is 160 cm³/mol. The Bertz CT molecular complexity index is 1740. The quantitative estimate of drug-likeness (QED) is 0.162. The van der Waals surface area contributed by atoms with Crippen molar-refractivity contribution in [2.45, 2.75) is 13.1 Å². The molecule has 0 saturated carbocycles. The number of Topliss-reactive ketones (excluding diaryl/α,β-unsaturated/α-hetero) is 1. The number of aliphatic imine (C=N–C) groups is 1. The minimum absolute atomic E-state index is 0.120. The highest BCUT2D eigenvalue weighted by atomic mass is 35.5. The molecule has 2 N–H and O–H groups in total. The minimum Gasteiger partial charge on any atom is -0.308 e. The Morgan fingerprint density at radius 3 is 2.40 bits per heavy atom. The molecule has 0 saturated heterocycles. The summed E-state index contributed by atoms with van der Waals surface area (Å²) in [6.45, 7) is 1.51. The fourth-order valence-electron chi connectivity index (χ4n) is 4.67. The van der Waals surface area contributed by atoms with Gasteiger partial charge in [-0.1, -0.05) is 84.4 Å². The molecule has 1 aliphatic heterocycles. The number of amides is 3. The Morgan fingerprint density at radius 1 is 0.976 bits per heavy atom. The molecule has 1 heterocycles. The Hall–Kier alpha value is -5.35. The molecule has 0 aliphatic carbocycles. The number of halogens is 1. The van der Waals surface area contributed by atoms with Crippen molar-refractivity contribution < 1.29 is 19.3 Å². The van der Waals surface area contributed by atoms with Gasteiger partial charge in [-0.3, -0.25) is 19.7 Å². The summed E-state index contributed by atoms with van der Waals surface area (Å²) >= 11 is 5.89. The van der Waals surface area contributed by atoms with Crippen LogP contribution >= 0.6 is 11.6 Å². The van der Waals surface area contributed by atoms with Crippen molar-refractivity contribution in [3.63, 3.8) is 0 Å². The maximum absolute atomic E-state index is 14.0. The Kier molecular flexibility index (Phi) is 8.07. The van der Waals surface area contributed by atoms with Gasteiger partial charge < -0.3 is 15.5 Å². The lowest BCUT2D eigenvalue weighted by molar-refractivity contribution is -0.383. The number of nitrogens with one attached hydrogen (secondary N) is 2. The number of nitro groups is 1. The normalized spacial score (nSPS) is 14.3. The van der Waals surface area contributed by atoms with Crippen molar-refractivity contribution in [1.29, 1.82) is 0 Å². The second kappa shape index (κ2) is 12.0. The number of fused-ring (bicyclic) bond motifs is 1. The third-order valence-corrected chi connectivity index (χ3v) is 6.91. The molecular formula is C31H24ClN5O5. The van der Waals surface area contributed by atoms with Gasteiger partial charge >= 0.3 is 6.03 Å². The number of carbonyl (C=O) groups excluding carboxylic acids is 3. The number of hydrogen-bond donors (Lipinski definition) is 2. The first kappa shape index (κ1) is 28.2. The van der Waals surface area contributed by atoms with Crippen molar-refractivity contribution >= 4 is 52.1 Å². The molecule has 5 rings (SSSR count). The van der Waals surface area contributed by atoms with Crippen LogP contribution in [0.5, 0.6) is 0 Å². The molecule has 3 amide bonds. The maximum atomic E-state index is 14.0. The average molecular weight is 582 g/mol. The molecule has 4 aromatic carbocycles. The predicted octanol–water partition coefficient (Wildman–Crippen LogP) is 5.77. The molecular weight excluding hydrogens is 558 g/mol. The van der Waals surface area contributed by atoms with E-state index in [4.69, 9.17) is 11.6 Å². The van der Waals surface area contributed by atoms with Gasteiger partial charge in [-0.2, -0.15) is 0 Å². The number of hydrogen-bond acceptors (Lipinski definition) is 6. The van der Waals surface area contributed by atoms with Gasteiger partial charge in [-0.25, -0.2) is 9.79 Å². The second-order valence-corrected chi connectivity index (χ2v) is 9.88. The van der Waals surface area contributed by atoms with Crippen LogP contribution < -0.4 is 15.5 Å². The molecule has 0 fully saturated rings. The number of nitrogens with zero attached hydrogens (tertiary/aromatic N) is 3. The van der Waals surface area contributed by atoms with E-state index in [1.165, 1.54) is 17.0 Å². The van der Waals surface area contributed by atoms with E-state index in [9.17, 15) is 24.5 Å². The van der Waals surface area contributed by atoms with Gasteiger partial charge in [0.25, 0.3) is 11.6 Å². The smallest absolute Gasteiger partial charge is 0.308 e. The summed E-state index contributed by atoms with van der Waals surface area (Å²) in [6, 6.07) is 26.1. The van der Waals surface area contributed by atoms with E-state index >= 15 is 0 Å². The highest BCUT2D eigenvalue weighted by Gasteiger charge is 2.34. The van der Waals surface area contributed by atoms with Crippen LogP contribution in [-0.4, -0.2) is 41.1 Å². The van der Waals surface area contributed by atoms with E-state index in [0.717, 1.165) is 11.6 Å². The summed E-state index contributed by atoms with van der Waals surface area (Å²) in [7, 11) is 0. The fourth-order valence-corrected chi connectivity index (χ4v) is 4.84. The number of carbonyl (C=O) groups is 3. The van der Waals surface area contributed by atoms with Crippen molar-refractivity contribution in [2.24, 2.45) is 4.99 Å². The molecule has 0 aromatic heterocycles. The largest absolute Gasteiger partial charge is 0.321 e. The van der Waals surface area contributed by atoms with E-state index in [-0.39, 0.29) is 23.0 Å². The number of ketones is 1. The van der Waals surface area contributed by atoms with Gasteiger partial charge in [0, 0.05) is 27.8 Å². The number of para-hydroxylation sites is 1. The Balaban J connectivity index is 1.54. The van der Waals surface area contributed by atoms with E-state index in [0.29, 0.717) is 28.1 Å². The summed E-state index contributed by atoms with van der Waals surface area (Å²) in [6.07, 6.45) is -1.47. The molecule has 0 bridgehead atoms. The first-order valence-electron chi connectivity index (χ1n) is 12.9. The number of benzodiazepines with no additional fused rings is 1. The number of anilines is 2. The van der Waals surface area contributed by atoms with Gasteiger partial charge in [0.15, 0.2) is 5.78 Å². The van der Waals surface area contributed by atoms with Crippen molar-refractivity contribution in [2.75, 3.05) is 16.8 Å². The van der Waals surface area contributed by atoms with Crippen LogP contribution in [0.4, 0.5) is 21.9 Å². The monoisotopic (exact) mass is 581 g/mol. The molecule has 1 atom stereocenters. The summed E-state index contributed by atoms with van der Waals surface area (Å²) in [5, 5.41) is 16.6. The number of nitro benzene ring substituents is 1. The van der Waals surface area contributed by atoms with E-state index in [1.807, 2.05) is 49.4 Å². The van der Waals surface area contributed by atoms with Crippen LogP contribution in [0.2, 0.25) is 5.02 Å². The van der Waals surface area contributed by atoms with Gasteiger partial charge in [0.2, 0.25) is 6.17 Å². The lowest BCUT2D eigenvalue weighted by Gasteiger charge is -2.25. The van der Waals surface area contributed by atoms with Gasteiger partial charge in [-0.05, 0) is 30.7 Å². The highest BCUT2D eigenvalue weighted by molar-refractivity contribution is 6.31. The molecule has 11 heteroatoms. The van der Waals surface area contributed by atoms with Crippen LogP contribution in [0, 0.1) is 17.0 Å². The summed E-state index contributed by atoms with van der Waals surface area (Å²) in [5.74, 6) is -0.949. The van der Waals surface area contributed by atoms with Gasteiger partial charge in [-0.15, -0.1) is 0 Å². The van der Waals surface area contributed by atoms with E-state index < -0.39 is 28.7 Å². The summed E-state index contributed by atoms with van der Waals surface area (Å²) < 4.78 is 0. The standard InChI is InChI=1S/C31H24ClN5O5/c1-19-9-5-6-12-22(19)27(38)18-36-25-14-8-7-13-23(25)28(20-10-3-2-4-11-20)34-29(30(36)39)35-31(40)33-24-16-15-21(32)17-26(24)37(41)42/h2-17,29H,18H2,1H3,(H2,33,35,40). The molecule has 210 valence electrons. The van der Waals surface area contributed by atoms with Crippen LogP contribution in [0.15, 0.2) is 102 Å². The van der Waals surface area contributed by atoms with Crippen molar-refractivity contribution in [3.8, 4) is 0 Å². The third kappa shape index (κ3) is 5.89. The summed E-state index contributed by atoms with van der Waals surface area (Å²) in [5.41, 5.74) is 2.84. The zero-order valence-corrected chi connectivity index (χ0v) is 23.0. The van der Waals surface area contributed by atoms with Crippen molar-refractivity contribution in [3.05, 3.63) is 134 Å². The topological polar surface area (TPSA) is 134 Å². The van der Waals surface area contributed by atoms with Gasteiger partial charge in [0.05, 0.1) is 22.9 Å². The third-order valence-electron chi connectivity index (χ3n) is 6.68. The molecule has 10 nitrogen and oxygen atoms in total. The zero-order valence-electron chi connectivity index (χ0n) is 22.3. The minimum atomic E-state index is -1.47.